The van der Waals surface area contributed by atoms with Gasteiger partial charge in [-0.3, -0.25) is 0 Å². The summed E-state index contributed by atoms with van der Waals surface area (Å²) < 4.78 is 5.08. The summed E-state index contributed by atoms with van der Waals surface area (Å²) in [5.74, 6) is 0.953. The van der Waals surface area contributed by atoms with Crippen LogP contribution in [0.2, 0.25) is 0 Å². The van der Waals surface area contributed by atoms with E-state index in [1.165, 1.54) is 43.2 Å². The van der Waals surface area contributed by atoms with E-state index < -0.39 is 0 Å². The van der Waals surface area contributed by atoms with Crippen molar-refractivity contribution in [2.24, 2.45) is 5.92 Å². The Labute approximate surface area is 126 Å². The molecule has 1 aromatic heterocycles. The summed E-state index contributed by atoms with van der Waals surface area (Å²) in [5.41, 5.74) is 3.02. The Hall–Kier alpha value is -1.42. The number of hydrogen-bond donors (Lipinski definition) is 1. The third-order valence-electron chi connectivity index (χ3n) is 4.81. The molecule has 1 saturated carbocycles. The van der Waals surface area contributed by atoms with Gasteiger partial charge in [-0.25, -0.2) is 9.78 Å². The zero-order valence-corrected chi connectivity index (χ0v) is 12.7. The molecule has 21 heavy (non-hydrogen) atoms. The van der Waals surface area contributed by atoms with Crippen LogP contribution in [0.3, 0.4) is 0 Å². The van der Waals surface area contributed by atoms with Crippen LogP contribution in [0.5, 0.6) is 0 Å². The van der Waals surface area contributed by atoms with E-state index in [4.69, 9.17) is 4.74 Å². The van der Waals surface area contributed by atoms with E-state index in [-0.39, 0.29) is 5.97 Å². The minimum atomic E-state index is -0.304. The number of rotatable bonds is 3. The molecule has 1 aliphatic carbocycles. The Bertz CT molecular complexity index is 510. The lowest BCUT2D eigenvalue weighted by molar-refractivity contribution is 0.0519. The summed E-state index contributed by atoms with van der Waals surface area (Å²) in [6.07, 6.45) is 8.52. The van der Waals surface area contributed by atoms with Crippen LogP contribution in [0.15, 0.2) is 12.3 Å². The lowest BCUT2D eigenvalue weighted by Crippen LogP contribution is -2.33. The number of esters is 1. The monoisotopic (exact) mass is 288 g/mol. The van der Waals surface area contributed by atoms with Crippen molar-refractivity contribution in [3.63, 3.8) is 0 Å². The molecule has 1 aromatic rings. The molecule has 0 bridgehead atoms. The molecular weight excluding hydrogens is 264 g/mol. The first-order valence-electron chi connectivity index (χ1n) is 8.16. The fraction of sp³-hybridized carbons (Fsp3) is 0.647. The molecular formula is C17H24N2O2. The standard InChI is InChI=1S/C17H24N2O2/c1-2-21-17(20)16-8-14-13(10-19-16)9-18-11-15(14)12-6-4-3-5-7-12/h8,10,12,15,18H,2-7,9,11H2,1H3. The SMILES string of the molecule is CCOC(=O)c1cc2c(cn1)CNCC2C1CCCCC1. The Kier molecular flexibility index (Phi) is 4.54. The highest BCUT2D eigenvalue weighted by atomic mass is 16.5. The van der Waals surface area contributed by atoms with E-state index in [1.807, 2.05) is 19.2 Å². The van der Waals surface area contributed by atoms with E-state index in [2.05, 4.69) is 10.3 Å². The molecule has 0 spiro atoms. The van der Waals surface area contributed by atoms with Crippen molar-refractivity contribution in [2.75, 3.05) is 13.2 Å². The van der Waals surface area contributed by atoms with Crippen molar-refractivity contribution < 1.29 is 9.53 Å². The van der Waals surface area contributed by atoms with Crippen molar-refractivity contribution in [1.82, 2.24) is 10.3 Å². The maximum atomic E-state index is 11.9. The summed E-state index contributed by atoms with van der Waals surface area (Å²) in [6.45, 7) is 4.09. The maximum absolute atomic E-state index is 11.9. The van der Waals surface area contributed by atoms with Gasteiger partial charge in [0.1, 0.15) is 5.69 Å². The first-order valence-corrected chi connectivity index (χ1v) is 8.16. The van der Waals surface area contributed by atoms with Crippen molar-refractivity contribution in [2.45, 2.75) is 51.5 Å². The number of pyridine rings is 1. The molecule has 1 atom stereocenters. The summed E-state index contributed by atoms with van der Waals surface area (Å²) >= 11 is 0. The minimum Gasteiger partial charge on any atom is -0.461 e. The van der Waals surface area contributed by atoms with Gasteiger partial charge in [-0.2, -0.15) is 0 Å². The fourth-order valence-electron chi connectivity index (χ4n) is 3.74. The first kappa shape index (κ1) is 14.5. The second-order valence-electron chi connectivity index (χ2n) is 6.12. The third kappa shape index (κ3) is 3.10. The molecule has 1 unspecified atom stereocenters. The molecule has 114 valence electrons. The average Bonchev–Trinajstić information content (AvgIpc) is 2.55. The largest absolute Gasteiger partial charge is 0.461 e. The Morgan fingerprint density at radius 1 is 1.38 bits per heavy atom. The molecule has 0 aromatic carbocycles. The molecule has 3 rings (SSSR count). The predicted octanol–water partition coefficient (Wildman–Crippen LogP) is 3.03. The number of hydrogen-bond acceptors (Lipinski definition) is 4. The second-order valence-corrected chi connectivity index (χ2v) is 6.12. The van der Waals surface area contributed by atoms with Crippen molar-refractivity contribution >= 4 is 5.97 Å². The zero-order valence-electron chi connectivity index (χ0n) is 12.7. The molecule has 2 aliphatic rings. The number of nitrogens with zero attached hydrogens (tertiary/aromatic N) is 1. The molecule has 0 radical (unpaired) electrons. The summed E-state index contributed by atoms with van der Waals surface area (Å²) in [4.78, 5) is 16.2. The van der Waals surface area contributed by atoms with Gasteiger partial charge in [0.15, 0.2) is 0 Å². The first-order chi connectivity index (χ1) is 10.3. The highest BCUT2D eigenvalue weighted by Crippen LogP contribution is 2.38. The highest BCUT2D eigenvalue weighted by Gasteiger charge is 2.30. The van der Waals surface area contributed by atoms with Crippen molar-refractivity contribution in [3.05, 3.63) is 29.1 Å². The summed E-state index contributed by atoms with van der Waals surface area (Å²) in [7, 11) is 0. The third-order valence-corrected chi connectivity index (χ3v) is 4.81. The molecule has 2 heterocycles. The molecule has 4 nitrogen and oxygen atoms in total. The van der Waals surface area contributed by atoms with Gasteiger partial charge in [-0.1, -0.05) is 19.3 Å². The second kappa shape index (κ2) is 6.56. The van der Waals surface area contributed by atoms with E-state index in [0.717, 1.165) is 19.0 Å². The average molecular weight is 288 g/mol. The normalized spacial score (nSPS) is 22.6. The Morgan fingerprint density at radius 2 is 2.19 bits per heavy atom. The van der Waals surface area contributed by atoms with Gasteiger partial charge in [0.05, 0.1) is 6.61 Å². The number of fused-ring (bicyclic) bond motifs is 1. The van der Waals surface area contributed by atoms with Gasteiger partial charge in [0, 0.05) is 19.3 Å². The fourth-order valence-corrected chi connectivity index (χ4v) is 3.74. The Morgan fingerprint density at radius 3 is 2.95 bits per heavy atom. The number of ether oxygens (including phenoxy) is 1. The van der Waals surface area contributed by atoms with Crippen molar-refractivity contribution in [3.8, 4) is 0 Å². The van der Waals surface area contributed by atoms with Crippen LogP contribution in [0.25, 0.3) is 0 Å². The lowest BCUT2D eigenvalue weighted by Gasteiger charge is -2.35. The molecule has 1 N–H and O–H groups in total. The van der Waals surface area contributed by atoms with Crippen LogP contribution in [0.1, 0.15) is 66.6 Å². The maximum Gasteiger partial charge on any atom is 0.356 e. The van der Waals surface area contributed by atoms with Gasteiger partial charge >= 0.3 is 5.97 Å². The molecule has 1 fully saturated rings. The quantitative estimate of drug-likeness (QED) is 0.869. The van der Waals surface area contributed by atoms with Gasteiger partial charge in [0.2, 0.25) is 0 Å². The molecule has 0 amide bonds. The van der Waals surface area contributed by atoms with Crippen LogP contribution in [0.4, 0.5) is 0 Å². The minimum absolute atomic E-state index is 0.304. The number of carbonyl (C=O) groups excluding carboxylic acids is 1. The van der Waals surface area contributed by atoms with E-state index in [1.54, 1.807) is 0 Å². The summed E-state index contributed by atoms with van der Waals surface area (Å²) in [6, 6.07) is 1.98. The molecule has 0 saturated heterocycles. The van der Waals surface area contributed by atoms with Gasteiger partial charge in [-0.05, 0) is 48.8 Å². The van der Waals surface area contributed by atoms with Gasteiger partial charge in [-0.15, -0.1) is 0 Å². The zero-order chi connectivity index (χ0) is 14.7. The van der Waals surface area contributed by atoms with Gasteiger partial charge < -0.3 is 10.1 Å². The predicted molar refractivity (Wildman–Crippen MR) is 81.2 cm³/mol. The molecule has 4 heteroatoms. The highest BCUT2D eigenvalue weighted by molar-refractivity contribution is 5.87. The van der Waals surface area contributed by atoms with E-state index >= 15 is 0 Å². The molecule has 1 aliphatic heterocycles. The van der Waals surface area contributed by atoms with E-state index in [9.17, 15) is 4.79 Å². The van der Waals surface area contributed by atoms with Crippen LogP contribution in [-0.4, -0.2) is 24.1 Å². The Balaban J connectivity index is 1.87. The lowest BCUT2D eigenvalue weighted by atomic mass is 9.74. The summed E-state index contributed by atoms with van der Waals surface area (Å²) in [5, 5.41) is 3.51. The van der Waals surface area contributed by atoms with Crippen LogP contribution in [0, 0.1) is 5.92 Å². The van der Waals surface area contributed by atoms with E-state index in [0.29, 0.717) is 18.2 Å². The van der Waals surface area contributed by atoms with Crippen LogP contribution >= 0.6 is 0 Å². The smallest absolute Gasteiger partial charge is 0.356 e. The van der Waals surface area contributed by atoms with Crippen molar-refractivity contribution in [1.29, 1.82) is 0 Å². The number of nitrogens with one attached hydrogen (secondary N) is 1. The topological polar surface area (TPSA) is 51.2 Å². The number of carbonyl (C=O) groups is 1. The van der Waals surface area contributed by atoms with Gasteiger partial charge in [0.25, 0.3) is 0 Å². The van der Waals surface area contributed by atoms with Crippen LogP contribution in [-0.2, 0) is 11.3 Å². The van der Waals surface area contributed by atoms with Crippen LogP contribution < -0.4 is 5.32 Å². The number of aromatic nitrogens is 1.